The highest BCUT2D eigenvalue weighted by molar-refractivity contribution is 6.50. The highest BCUT2D eigenvalue weighted by Gasteiger charge is 2.18. The fourth-order valence-corrected chi connectivity index (χ4v) is 2.81. The van der Waals surface area contributed by atoms with E-state index in [9.17, 15) is 4.79 Å². The molecule has 0 amide bonds. The van der Waals surface area contributed by atoms with Gasteiger partial charge in [0.1, 0.15) is 0 Å². The topological polar surface area (TPSA) is 17.1 Å². The number of aldehydes is 1. The summed E-state index contributed by atoms with van der Waals surface area (Å²) in [6.45, 7) is 1.91. The van der Waals surface area contributed by atoms with Crippen LogP contribution in [-0.4, -0.2) is 6.29 Å². The second kappa shape index (κ2) is 5.72. The maximum absolute atomic E-state index is 11.2. The maximum atomic E-state index is 11.2. The largest absolute Gasteiger partial charge is 0.298 e. The second-order valence-corrected chi connectivity index (χ2v) is 5.62. The first kappa shape index (κ1) is 14.7. The predicted molar refractivity (Wildman–Crippen MR) is 82.0 cm³/mol. The summed E-state index contributed by atoms with van der Waals surface area (Å²) in [5.74, 6) is 0. The quantitative estimate of drug-likeness (QED) is 0.480. The molecule has 5 heteroatoms. The van der Waals surface area contributed by atoms with Gasteiger partial charge in [-0.1, -0.05) is 70.2 Å². The van der Waals surface area contributed by atoms with E-state index in [0.29, 0.717) is 26.7 Å². The Morgan fingerprint density at radius 2 is 1.53 bits per heavy atom. The van der Waals surface area contributed by atoms with Gasteiger partial charge in [0.25, 0.3) is 0 Å². The van der Waals surface area contributed by atoms with Gasteiger partial charge in [0.2, 0.25) is 0 Å². The summed E-state index contributed by atoms with van der Waals surface area (Å²) in [4.78, 5) is 11.2. The van der Waals surface area contributed by atoms with Gasteiger partial charge < -0.3 is 0 Å². The Hall–Kier alpha value is -0.730. The zero-order valence-corrected chi connectivity index (χ0v) is 12.8. The molecular formula is C14H8Cl4O. The van der Waals surface area contributed by atoms with E-state index >= 15 is 0 Å². The lowest BCUT2D eigenvalue weighted by Gasteiger charge is -2.13. The number of hydrogen-bond acceptors (Lipinski definition) is 1. The first-order valence-corrected chi connectivity index (χ1v) is 6.86. The molecule has 2 aromatic rings. The molecule has 0 unspecified atom stereocenters. The summed E-state index contributed by atoms with van der Waals surface area (Å²) < 4.78 is 0. The average Bonchev–Trinajstić information content (AvgIpc) is 2.37. The summed E-state index contributed by atoms with van der Waals surface area (Å²) in [6.07, 6.45) is 0.746. The molecule has 0 aliphatic heterocycles. The zero-order valence-electron chi connectivity index (χ0n) is 9.81. The molecule has 0 radical (unpaired) electrons. The molecule has 0 aliphatic rings. The number of aryl methyl sites for hydroxylation is 1. The molecule has 0 aliphatic carbocycles. The standard InChI is InChI=1S/C14H8Cl4O/c1-7-2-3-8(6-19)9(4-7)12-13(17)10(15)5-11(16)14(12)18/h2-6H,1H3. The number of rotatable bonds is 2. The monoisotopic (exact) mass is 332 g/mol. The van der Waals surface area contributed by atoms with Crippen molar-refractivity contribution in [3.63, 3.8) is 0 Å². The molecule has 0 heterocycles. The van der Waals surface area contributed by atoms with Crippen LogP contribution in [0.5, 0.6) is 0 Å². The van der Waals surface area contributed by atoms with Crippen molar-refractivity contribution in [1.29, 1.82) is 0 Å². The maximum Gasteiger partial charge on any atom is 0.150 e. The highest BCUT2D eigenvalue weighted by Crippen LogP contribution is 2.44. The van der Waals surface area contributed by atoms with Gasteiger partial charge >= 0.3 is 0 Å². The van der Waals surface area contributed by atoms with Crippen LogP contribution in [0.1, 0.15) is 15.9 Å². The molecule has 0 saturated carbocycles. The van der Waals surface area contributed by atoms with E-state index in [4.69, 9.17) is 46.4 Å². The fraction of sp³-hybridized carbons (Fsp3) is 0.0714. The zero-order chi connectivity index (χ0) is 14.2. The van der Waals surface area contributed by atoms with Crippen molar-refractivity contribution in [2.24, 2.45) is 0 Å². The highest BCUT2D eigenvalue weighted by atomic mass is 35.5. The lowest BCUT2D eigenvalue weighted by Crippen LogP contribution is -1.92. The average molecular weight is 334 g/mol. The van der Waals surface area contributed by atoms with Crippen molar-refractivity contribution in [1.82, 2.24) is 0 Å². The van der Waals surface area contributed by atoms with E-state index in [-0.39, 0.29) is 10.0 Å². The second-order valence-electron chi connectivity index (χ2n) is 4.05. The van der Waals surface area contributed by atoms with Crippen LogP contribution in [0, 0.1) is 6.92 Å². The smallest absolute Gasteiger partial charge is 0.150 e. The van der Waals surface area contributed by atoms with Crippen molar-refractivity contribution >= 4 is 52.7 Å². The van der Waals surface area contributed by atoms with E-state index < -0.39 is 0 Å². The minimum Gasteiger partial charge on any atom is -0.298 e. The van der Waals surface area contributed by atoms with Gasteiger partial charge in [-0.3, -0.25) is 4.79 Å². The van der Waals surface area contributed by atoms with Crippen molar-refractivity contribution < 1.29 is 4.79 Å². The van der Waals surface area contributed by atoms with Gasteiger partial charge in [0.15, 0.2) is 6.29 Å². The SMILES string of the molecule is Cc1ccc(C=O)c(-c2c(Cl)c(Cl)cc(Cl)c2Cl)c1. The van der Waals surface area contributed by atoms with Crippen molar-refractivity contribution in [3.8, 4) is 11.1 Å². The van der Waals surface area contributed by atoms with E-state index in [2.05, 4.69) is 0 Å². The molecule has 19 heavy (non-hydrogen) atoms. The van der Waals surface area contributed by atoms with Crippen LogP contribution < -0.4 is 0 Å². The van der Waals surface area contributed by atoms with Crippen LogP contribution in [0.2, 0.25) is 20.1 Å². The molecule has 0 saturated heterocycles. The van der Waals surface area contributed by atoms with E-state index in [1.165, 1.54) is 6.07 Å². The molecule has 0 N–H and O–H groups in total. The summed E-state index contributed by atoms with van der Waals surface area (Å²) >= 11 is 24.4. The summed E-state index contributed by atoms with van der Waals surface area (Å²) in [5.41, 5.74) is 2.55. The molecule has 2 rings (SSSR count). The molecule has 0 atom stereocenters. The first-order chi connectivity index (χ1) is 8.95. The number of benzene rings is 2. The van der Waals surface area contributed by atoms with Crippen LogP contribution in [0.4, 0.5) is 0 Å². The Labute approximate surface area is 131 Å². The lowest BCUT2D eigenvalue weighted by molar-refractivity contribution is 0.112. The lowest BCUT2D eigenvalue weighted by atomic mass is 9.98. The van der Waals surface area contributed by atoms with E-state index in [0.717, 1.165) is 11.8 Å². The Bertz CT molecular complexity index is 639. The number of carbonyl (C=O) groups excluding carboxylic acids is 1. The third kappa shape index (κ3) is 2.75. The van der Waals surface area contributed by atoms with E-state index in [1.54, 1.807) is 6.07 Å². The van der Waals surface area contributed by atoms with E-state index in [1.807, 2.05) is 19.1 Å². The molecule has 1 nitrogen and oxygen atoms in total. The van der Waals surface area contributed by atoms with Gasteiger partial charge in [-0.25, -0.2) is 0 Å². The van der Waals surface area contributed by atoms with Gasteiger partial charge in [0, 0.05) is 11.1 Å². The van der Waals surface area contributed by atoms with Crippen molar-refractivity contribution in [2.75, 3.05) is 0 Å². The summed E-state index contributed by atoms with van der Waals surface area (Å²) in [7, 11) is 0. The summed E-state index contributed by atoms with van der Waals surface area (Å²) in [5, 5.41) is 1.16. The minimum atomic E-state index is 0.282. The molecule has 0 bridgehead atoms. The third-order valence-corrected chi connectivity index (χ3v) is 4.29. The Balaban J connectivity index is 2.86. The number of carbonyl (C=O) groups is 1. The van der Waals surface area contributed by atoms with Crippen molar-refractivity contribution in [3.05, 3.63) is 55.5 Å². The van der Waals surface area contributed by atoms with Crippen LogP contribution in [-0.2, 0) is 0 Å². The Morgan fingerprint density at radius 1 is 0.947 bits per heavy atom. The van der Waals surface area contributed by atoms with Gasteiger partial charge in [0.05, 0.1) is 20.1 Å². The predicted octanol–water partition coefficient (Wildman–Crippen LogP) is 6.09. The normalized spacial score (nSPS) is 10.6. The van der Waals surface area contributed by atoms with Crippen LogP contribution >= 0.6 is 46.4 Å². The Kier molecular flexibility index (Phi) is 4.42. The molecule has 0 aromatic heterocycles. The molecule has 0 spiro atoms. The van der Waals surface area contributed by atoms with Gasteiger partial charge in [-0.05, 0) is 18.6 Å². The molecule has 98 valence electrons. The summed E-state index contributed by atoms with van der Waals surface area (Å²) in [6, 6.07) is 6.84. The first-order valence-electron chi connectivity index (χ1n) is 5.35. The van der Waals surface area contributed by atoms with Gasteiger partial charge in [-0.15, -0.1) is 0 Å². The van der Waals surface area contributed by atoms with Crippen LogP contribution in [0.15, 0.2) is 24.3 Å². The van der Waals surface area contributed by atoms with Crippen molar-refractivity contribution in [2.45, 2.75) is 6.92 Å². The number of halogens is 4. The molecular weight excluding hydrogens is 326 g/mol. The van der Waals surface area contributed by atoms with Crippen LogP contribution in [0.25, 0.3) is 11.1 Å². The Morgan fingerprint density at radius 3 is 2.05 bits per heavy atom. The third-order valence-electron chi connectivity index (χ3n) is 2.72. The van der Waals surface area contributed by atoms with Gasteiger partial charge in [-0.2, -0.15) is 0 Å². The minimum absolute atomic E-state index is 0.282. The molecule has 0 fully saturated rings. The fourth-order valence-electron chi connectivity index (χ4n) is 1.80. The number of hydrogen-bond donors (Lipinski definition) is 0. The molecule has 2 aromatic carbocycles. The van der Waals surface area contributed by atoms with Crippen LogP contribution in [0.3, 0.4) is 0 Å².